The van der Waals surface area contributed by atoms with Crippen molar-refractivity contribution in [2.75, 3.05) is 41.0 Å². The number of nitrogens with zero attached hydrogens (tertiary/aromatic N) is 2. The van der Waals surface area contributed by atoms with Crippen molar-refractivity contribution in [1.82, 2.24) is 4.90 Å². The molecule has 1 rings (SSSR count). The molecule has 176 valence electrons. The average Bonchev–Trinajstić information content (AvgIpc) is 2.57. The molecule has 0 aromatic heterocycles. The molecule has 2 N–H and O–H groups in total. The molecule has 0 unspecified atom stereocenters. The predicted molar refractivity (Wildman–Crippen MR) is 96.1 cm³/mol. The van der Waals surface area contributed by atoms with Gasteiger partial charge in [0.05, 0.1) is 27.2 Å². The van der Waals surface area contributed by atoms with E-state index in [1.165, 1.54) is 4.90 Å². The first kappa shape index (κ1) is 27.5. The molecule has 0 spiro atoms. The summed E-state index contributed by atoms with van der Waals surface area (Å²) in [6.45, 7) is 0.468. The monoisotopic (exact) mass is 939 g/mol. The summed E-state index contributed by atoms with van der Waals surface area (Å²) in [5.41, 5.74) is -0.221. The van der Waals surface area contributed by atoms with Gasteiger partial charge in [-0.2, -0.15) is 0 Å². The molecule has 0 aliphatic heterocycles. The topological polar surface area (TPSA) is 123 Å². The van der Waals surface area contributed by atoms with Crippen LogP contribution in [-0.4, -0.2) is 71.7 Å². The number of quaternary nitrogens is 1. The molecule has 0 heterocycles. The molecule has 0 saturated heterocycles. The summed E-state index contributed by atoms with van der Waals surface area (Å²) < 4.78 is 25.3. The van der Waals surface area contributed by atoms with Gasteiger partial charge in [-0.1, -0.05) is 12.1 Å². The molecule has 10 nitrogen and oxygen atoms in total. The Labute approximate surface area is 162 Å². The largest absolute Gasteiger partial charge is 0.474 e. The molecule has 1 amide bonds. The van der Waals surface area contributed by atoms with Gasteiger partial charge >= 0.3 is 19.3 Å². The van der Waals surface area contributed by atoms with Gasteiger partial charge in [0.25, 0.3) is 0 Å². The summed E-state index contributed by atoms with van der Waals surface area (Å²) in [6.07, 6.45) is -0.592. The average molecular weight is 940 g/mol. The van der Waals surface area contributed by atoms with Crippen molar-refractivity contribution < 1.29 is 42.4 Å². The van der Waals surface area contributed by atoms with E-state index in [2.05, 4.69) is 9.26 Å². The Kier molecular flexibility index (Phi) is 10.7. The number of benzene rings is 1. The fourth-order valence-corrected chi connectivity index (χ4v) is 2.30. The minimum absolute atomic E-state index is 0. The molecule has 1 aromatic rings. The number of amides is 1. The Hall–Kier alpha value is -3.68. The van der Waals surface area contributed by atoms with E-state index in [4.69, 9.17) is 26.1 Å². The third kappa shape index (κ3) is 11.6. The number of carbonyl (C=O) groups is 2. The summed E-state index contributed by atoms with van der Waals surface area (Å²) >= 11 is 5.08. The molecule has 0 bridgehead atoms. The van der Waals surface area contributed by atoms with Gasteiger partial charge < -0.3 is 28.6 Å². The van der Waals surface area contributed by atoms with Gasteiger partial charge in [0, 0.05) is 18.6 Å². The van der Waals surface area contributed by atoms with Crippen LogP contribution < -0.4 is 4.74 Å². The van der Waals surface area contributed by atoms with E-state index >= 15 is 0 Å². The number of carbonyl (C=O) groups excluding carboxylic acids is 2. The van der Waals surface area contributed by atoms with Crippen LogP contribution in [-0.2, 0) is 20.4 Å². The van der Waals surface area contributed by atoms with Crippen LogP contribution in [0, 0.1) is 0 Å². The number of halogens is 1. The van der Waals surface area contributed by atoms with Crippen LogP contribution in [0.1, 0.15) is 5.56 Å². The second-order valence-corrected chi connectivity index (χ2v) is 7.92. The summed E-state index contributed by atoms with van der Waals surface area (Å²) in [6, 6.07) is 6.36. The van der Waals surface area contributed by atoms with Crippen molar-refractivity contribution in [2.24, 2.45) is 0 Å². The predicted octanol–water partition coefficient (Wildman–Crippen LogP) is 2.14. The van der Waals surface area contributed by atoms with E-state index < -0.39 is 19.3 Å². The Morgan fingerprint density at radius 3 is 2.21 bits per heavy atom. The quantitative estimate of drug-likeness (QED) is 0.168. The molecular formula is C15H23ClFm2N2O8P+. The number of hydrogen-bond acceptors (Lipinski definition) is 6. The van der Waals surface area contributed by atoms with Gasteiger partial charge in [-0.15, -0.1) is 0 Å². The zero-order chi connectivity index (χ0) is 20.7. The number of rotatable bonds is 9. The van der Waals surface area contributed by atoms with Gasteiger partial charge in [0.15, 0.2) is 6.73 Å². The number of ether oxygens (including phenoxy) is 2. The van der Waals surface area contributed by atoms with Crippen LogP contribution in [0.2, 0.25) is 0 Å². The van der Waals surface area contributed by atoms with Gasteiger partial charge in [-0.3, -0.25) is 0 Å². The molecule has 0 saturated carbocycles. The standard InChI is InChI=1S/C15H22ClN2O8P.2Fm/c1-17(8-9-18(2,3)11-25-27(21,22)23)15(20)26-13-6-4-12(5-7-13)10-24-14(16)19;;/h4-7H,8-11H2,1-3H3,(H-,21,22,23);;/p+1. The first-order chi connectivity index (χ1) is 12.4. The number of hydrogen-bond donors (Lipinski definition) is 2. The van der Waals surface area contributed by atoms with Crippen molar-refractivity contribution >= 4 is 30.9 Å². The second-order valence-electron chi connectivity index (χ2n) is 6.37. The van der Waals surface area contributed by atoms with E-state index in [1.54, 1.807) is 45.4 Å². The Balaban J connectivity index is 0. The minimum Gasteiger partial charge on any atom is -0.449 e. The minimum atomic E-state index is -4.55. The fourth-order valence-electron chi connectivity index (χ4n) is 1.78. The van der Waals surface area contributed by atoms with Gasteiger partial charge in [0.2, 0.25) is 0 Å². The van der Waals surface area contributed by atoms with Gasteiger partial charge in [-0.25, -0.2) is 18.7 Å². The third-order valence-electron chi connectivity index (χ3n) is 3.41. The Bertz CT molecular complexity index is 702. The van der Waals surface area contributed by atoms with Crippen LogP contribution >= 0.6 is 19.4 Å². The van der Waals surface area contributed by atoms with Crippen molar-refractivity contribution in [2.45, 2.75) is 6.61 Å². The number of phosphoric ester groups is 1. The third-order valence-corrected chi connectivity index (χ3v) is 3.97. The summed E-state index contributed by atoms with van der Waals surface area (Å²) in [5.74, 6) is 0.311. The smallest absolute Gasteiger partial charge is 0.449 e. The molecule has 0 atom stereocenters. The van der Waals surface area contributed by atoms with E-state index in [-0.39, 0.29) is 24.4 Å². The Morgan fingerprint density at radius 1 is 1.17 bits per heavy atom. The molecule has 1 aromatic carbocycles. The van der Waals surface area contributed by atoms with Crippen molar-refractivity contribution in [3.63, 3.8) is 0 Å². The molecule has 0 aliphatic rings. The molecule has 0 radical (unpaired) electrons. The summed E-state index contributed by atoms with van der Waals surface area (Å²) in [5, 5.41) is 0. The van der Waals surface area contributed by atoms with Crippen molar-refractivity contribution in [3.05, 3.63) is 29.8 Å². The van der Waals surface area contributed by atoms with E-state index in [0.717, 1.165) is 0 Å². The number of likely N-dealkylation sites (N-methyl/N-ethyl adjacent to an activating group) is 2. The zero-order valence-corrected chi connectivity index (χ0v) is 22.2. The van der Waals surface area contributed by atoms with Gasteiger partial charge in [0.1, 0.15) is 12.4 Å². The molecule has 0 aliphatic carbocycles. The normalized spacial score (nSPS) is 11.0. The molecular weight excluding hydrogens is 917 g/mol. The van der Waals surface area contributed by atoms with Crippen LogP contribution in [0.25, 0.3) is 0 Å². The first-order valence-electron chi connectivity index (χ1n) is 7.74. The summed E-state index contributed by atoms with van der Waals surface area (Å²) in [7, 11) is 0.416. The van der Waals surface area contributed by atoms with Crippen LogP contribution in [0.15, 0.2) is 24.3 Å². The van der Waals surface area contributed by atoms with Crippen LogP contribution in [0.5, 0.6) is 5.75 Å². The maximum absolute atomic E-state index is 12.1. The molecule has 0 fully saturated rings. The summed E-state index contributed by atoms with van der Waals surface area (Å²) in [4.78, 5) is 41.5. The maximum atomic E-state index is 12.1. The Morgan fingerprint density at radius 2 is 1.72 bits per heavy atom. The van der Waals surface area contributed by atoms with Crippen molar-refractivity contribution in [3.8, 4) is 5.75 Å². The van der Waals surface area contributed by atoms with E-state index in [0.29, 0.717) is 17.9 Å². The molecule has 14 heteroatoms. The zero-order valence-electron chi connectivity index (χ0n) is 15.8. The van der Waals surface area contributed by atoms with E-state index in [9.17, 15) is 14.2 Å². The van der Waals surface area contributed by atoms with Crippen LogP contribution in [0.4, 0.5) is 9.59 Å². The first-order valence-corrected chi connectivity index (χ1v) is 9.65. The maximum Gasteiger partial charge on any atom is 0.474 e. The second kappa shape index (κ2) is 11.2. The van der Waals surface area contributed by atoms with Crippen molar-refractivity contribution in [1.29, 1.82) is 0 Å². The number of phosphoric acid groups is 1. The SMILES string of the molecule is CN(CC[N+](C)(C)COP(=O)(O)O)C(=O)Oc1ccc(COC(=O)Cl)cc1.[Fm].[Fm]. The van der Waals surface area contributed by atoms with E-state index in [1.807, 2.05) is 0 Å². The molecule has 29 heavy (non-hydrogen) atoms. The van der Waals surface area contributed by atoms with Crippen LogP contribution in [0.3, 0.4) is 0 Å². The van der Waals surface area contributed by atoms with Gasteiger partial charge in [-0.05, 0) is 17.7 Å². The fraction of sp³-hybridized carbons (Fsp3) is 0.467.